The Morgan fingerprint density at radius 3 is 1.67 bits per heavy atom. The predicted octanol–water partition coefficient (Wildman–Crippen LogP) is 3.27. The van der Waals surface area contributed by atoms with E-state index in [0.29, 0.717) is 5.16 Å². The zero-order chi connectivity index (χ0) is 23.2. The second-order valence-electron chi connectivity index (χ2n) is 5.61. The van der Waals surface area contributed by atoms with Gasteiger partial charge in [0.15, 0.2) is 6.08 Å². The lowest BCUT2D eigenvalue weighted by Gasteiger charge is -2.05. The first-order chi connectivity index (χ1) is 13.8. The Bertz CT molecular complexity index is 1010. The Morgan fingerprint density at radius 1 is 0.933 bits per heavy atom. The van der Waals surface area contributed by atoms with Gasteiger partial charge in [-0.05, 0) is 37.6 Å². The minimum atomic E-state index is -4.67. The van der Waals surface area contributed by atoms with Crippen molar-refractivity contribution >= 4 is 32.1 Å². The molecular weight excluding hydrogens is 454 g/mol. The van der Waals surface area contributed by atoms with Crippen LogP contribution in [0.2, 0.25) is 0 Å². The van der Waals surface area contributed by atoms with E-state index in [1.165, 1.54) is 17.7 Å². The van der Waals surface area contributed by atoms with Crippen molar-refractivity contribution in [3.05, 3.63) is 89.1 Å². The Morgan fingerprint density at radius 2 is 1.40 bits per heavy atom. The third-order valence-corrected chi connectivity index (χ3v) is 4.05. The van der Waals surface area contributed by atoms with E-state index in [1.807, 2.05) is 31.2 Å². The first-order valence-electron chi connectivity index (χ1n) is 8.21. The van der Waals surface area contributed by atoms with Crippen LogP contribution in [0, 0.1) is 19.9 Å². The van der Waals surface area contributed by atoms with Crippen LogP contribution in [0.15, 0.2) is 76.8 Å². The van der Waals surface area contributed by atoms with Gasteiger partial charge in [-0.1, -0.05) is 53.6 Å². The maximum absolute atomic E-state index is 10.4. The molecule has 11 heteroatoms. The molecule has 8 nitrogen and oxygen atoms in total. The van der Waals surface area contributed by atoms with Gasteiger partial charge in [0.25, 0.3) is 5.16 Å². The molecule has 0 aliphatic carbocycles. The number of halogens is 1. The highest BCUT2D eigenvalue weighted by molar-refractivity contribution is 7.85. The molecule has 30 heavy (non-hydrogen) atoms. The average Bonchev–Trinajstić information content (AvgIpc) is 2.62. The van der Waals surface area contributed by atoms with Crippen LogP contribution in [0.4, 0.5) is 0 Å². The topological polar surface area (TPSA) is 144 Å². The van der Waals surface area contributed by atoms with Crippen molar-refractivity contribution < 1.29 is 30.5 Å². The molecule has 164 valence electrons. The van der Waals surface area contributed by atoms with E-state index in [1.54, 1.807) is 18.2 Å². The zero-order valence-corrected chi connectivity index (χ0v) is 18.6. The van der Waals surface area contributed by atoms with E-state index in [4.69, 9.17) is 29.1 Å². The molecule has 3 rings (SSSR count). The number of rotatable bonds is 1. The standard InChI is InChI=1S/C7H8O3S.C7H8.C5H5ClN.H2O4S/c1-6-2-4-7(5-3-6)11(8,9)10;1-7-5-3-2-4-6-7;6-5-3-1-2-4-7-5;1-5(2,3)4/h2-5H,1H3,(H,8,9,10);2-6H,1H3;1-2,7H,4H2;(H2,1,2,3,4)/q;;+1;/p-1. The number of allylic oxidation sites excluding steroid dienone is 2. The van der Waals surface area contributed by atoms with Crippen molar-refractivity contribution in [1.29, 1.82) is 0 Å². The summed E-state index contributed by atoms with van der Waals surface area (Å²) in [6.45, 7) is 4.73. The number of hydrogen-bond donors (Lipinski definition) is 3. The maximum Gasteiger partial charge on any atom is 0.394 e. The molecule has 0 spiro atoms. The van der Waals surface area contributed by atoms with Crippen molar-refractivity contribution in [1.82, 2.24) is 5.32 Å². The lowest BCUT2D eigenvalue weighted by molar-refractivity contribution is 0.381. The number of hydrogen-bond acceptors (Lipinski definition) is 6. The van der Waals surface area contributed by atoms with Gasteiger partial charge in [-0.25, -0.2) is 8.42 Å². The Labute approximate surface area is 182 Å². The van der Waals surface area contributed by atoms with Crippen molar-refractivity contribution in [2.75, 3.05) is 6.54 Å². The van der Waals surface area contributed by atoms with Gasteiger partial charge in [0.2, 0.25) is 0 Å². The number of dihydropyridines is 1. The molecule has 0 unspecified atom stereocenters. The quantitative estimate of drug-likeness (QED) is 0.324. The highest BCUT2D eigenvalue weighted by Gasteiger charge is 2.00. The summed E-state index contributed by atoms with van der Waals surface area (Å²) in [7, 11) is -8.94. The van der Waals surface area contributed by atoms with Crippen LogP contribution in [0.3, 0.4) is 0 Å². The van der Waals surface area contributed by atoms with Crippen LogP contribution < -0.4 is 5.32 Å². The largest absolute Gasteiger partial charge is 0.744 e. The summed E-state index contributed by atoms with van der Waals surface area (Å²) in [4.78, 5) is -0.178. The molecule has 1 heterocycles. The van der Waals surface area contributed by atoms with Gasteiger partial charge in [-0.15, -0.1) is 0 Å². The van der Waals surface area contributed by atoms with Crippen LogP contribution >= 0.6 is 11.6 Å². The van der Waals surface area contributed by atoms with E-state index in [2.05, 4.69) is 30.4 Å². The van der Waals surface area contributed by atoms with Crippen LogP contribution in [-0.4, -0.2) is 37.0 Å². The van der Waals surface area contributed by atoms with Crippen molar-refractivity contribution in [3.8, 4) is 0 Å². The fourth-order valence-electron chi connectivity index (χ4n) is 1.63. The molecule has 0 fully saturated rings. The van der Waals surface area contributed by atoms with E-state index in [0.717, 1.165) is 12.1 Å². The second-order valence-corrected chi connectivity index (χ2v) is 8.26. The van der Waals surface area contributed by atoms with E-state index < -0.39 is 20.5 Å². The summed E-state index contributed by atoms with van der Waals surface area (Å²) in [6.07, 6.45) is 6.53. The highest BCUT2D eigenvalue weighted by atomic mass is 35.5. The Kier molecular flexibility index (Phi) is 12.8. The molecular formula is C19H22ClNO7S2. The summed E-state index contributed by atoms with van der Waals surface area (Å²) in [6, 6.07) is 16.0. The number of benzene rings is 2. The van der Waals surface area contributed by atoms with Crippen LogP contribution in [-0.2, 0) is 20.5 Å². The van der Waals surface area contributed by atoms with Gasteiger partial charge in [0.05, 0.1) is 11.0 Å². The van der Waals surface area contributed by atoms with Gasteiger partial charge in [0.1, 0.15) is 22.7 Å². The van der Waals surface area contributed by atoms with Gasteiger partial charge < -0.3 is 9.87 Å². The third kappa shape index (κ3) is 17.8. The van der Waals surface area contributed by atoms with E-state index in [-0.39, 0.29) is 4.90 Å². The summed E-state index contributed by atoms with van der Waals surface area (Å²) in [5.41, 5.74) is 2.25. The molecule has 0 atom stereocenters. The number of nitrogens with one attached hydrogen (secondary N) is 1. The lowest BCUT2D eigenvalue weighted by Crippen LogP contribution is -2.10. The molecule has 0 aromatic heterocycles. The molecule has 2 aromatic rings. The molecule has 1 aliphatic rings. The van der Waals surface area contributed by atoms with Gasteiger partial charge in [0, 0.05) is 0 Å². The summed E-state index contributed by atoms with van der Waals surface area (Å²) in [5, 5.41) is 3.47. The van der Waals surface area contributed by atoms with Crippen LogP contribution in [0.25, 0.3) is 0 Å². The van der Waals surface area contributed by atoms with Gasteiger partial charge in [-0.2, -0.15) is 8.42 Å². The zero-order valence-electron chi connectivity index (χ0n) is 16.2. The average molecular weight is 476 g/mol. The van der Waals surface area contributed by atoms with Gasteiger partial charge in [-0.3, -0.25) is 9.11 Å². The minimum Gasteiger partial charge on any atom is -0.744 e. The summed E-state index contributed by atoms with van der Waals surface area (Å²) >= 11 is 5.46. The first-order valence-corrected chi connectivity index (χ1v) is 11.4. The van der Waals surface area contributed by atoms with Crippen molar-refractivity contribution in [2.45, 2.75) is 18.7 Å². The number of aryl methyl sites for hydroxylation is 2. The first kappa shape index (κ1) is 27.7. The van der Waals surface area contributed by atoms with Crippen LogP contribution in [0.5, 0.6) is 0 Å². The second kappa shape index (κ2) is 13.8. The minimum absolute atomic E-state index is 0.178. The maximum atomic E-state index is 10.4. The molecule has 0 saturated carbocycles. The van der Waals surface area contributed by atoms with Crippen molar-refractivity contribution in [2.24, 2.45) is 0 Å². The highest BCUT2D eigenvalue weighted by Crippen LogP contribution is 2.08. The predicted molar refractivity (Wildman–Crippen MR) is 114 cm³/mol. The Balaban J connectivity index is 0.000000391. The molecule has 0 saturated heterocycles. The van der Waals surface area contributed by atoms with Crippen molar-refractivity contribution in [3.63, 3.8) is 0 Å². The molecule has 0 amide bonds. The summed E-state index contributed by atoms with van der Waals surface area (Å²) < 4.78 is 62.7. The normalized spacial score (nSPS) is 12.1. The fraction of sp³-hybridized carbons (Fsp3) is 0.158. The third-order valence-electron chi connectivity index (χ3n) is 2.95. The Hall–Kier alpha value is -2.30. The monoisotopic (exact) mass is 475 g/mol. The SMILES string of the molecule is Cc1ccc(S(=O)(=O)[O-])cc1.Cc1ccccc1.ClC1=[C+]C=CCN1.O=S(=O)(O)O. The molecule has 3 N–H and O–H groups in total. The fourth-order valence-corrected chi connectivity index (χ4v) is 2.24. The van der Waals surface area contributed by atoms with E-state index >= 15 is 0 Å². The van der Waals surface area contributed by atoms with E-state index in [9.17, 15) is 13.0 Å². The lowest BCUT2D eigenvalue weighted by atomic mass is 10.2. The molecule has 0 bridgehead atoms. The van der Waals surface area contributed by atoms with Crippen LogP contribution in [0.1, 0.15) is 11.1 Å². The smallest absolute Gasteiger partial charge is 0.394 e. The summed E-state index contributed by atoms with van der Waals surface area (Å²) in [5.74, 6) is 0. The molecule has 2 aromatic carbocycles. The molecule has 1 aliphatic heterocycles. The van der Waals surface area contributed by atoms with Gasteiger partial charge >= 0.3 is 10.4 Å². The molecule has 0 radical (unpaired) electrons.